The van der Waals surface area contributed by atoms with Crippen molar-refractivity contribution in [2.75, 3.05) is 20.3 Å². The minimum absolute atomic E-state index is 0. The van der Waals surface area contributed by atoms with Crippen molar-refractivity contribution in [3.05, 3.63) is 0 Å². The summed E-state index contributed by atoms with van der Waals surface area (Å²) >= 11 is 0. The second kappa shape index (κ2) is 8.34. The summed E-state index contributed by atoms with van der Waals surface area (Å²) < 4.78 is 26.2. The quantitative estimate of drug-likeness (QED) is 0.225. The molecule has 0 unspecified atom stereocenters. The molecule has 0 aliphatic heterocycles. The average Bonchev–Trinajstić information content (AvgIpc) is 1.99. The number of hydrogen-bond acceptors (Lipinski definition) is 4. The molecular weight excluding hydrogens is 271 g/mol. The predicted octanol–water partition coefficient (Wildman–Crippen LogP) is -1.13. The first kappa shape index (κ1) is 19.6. The van der Waals surface area contributed by atoms with E-state index in [-0.39, 0.29) is 36.1 Å². The van der Waals surface area contributed by atoms with E-state index in [1.165, 1.54) is 7.11 Å². The van der Waals surface area contributed by atoms with Gasteiger partial charge in [-0.25, -0.2) is 0 Å². The Hall–Kier alpha value is 1.22. The Morgan fingerprint density at radius 3 is 1.94 bits per heavy atom. The molecule has 0 spiro atoms. The van der Waals surface area contributed by atoms with Crippen LogP contribution in [0.4, 0.5) is 0 Å². The third-order valence-corrected chi connectivity index (χ3v) is 4.93. The summed E-state index contributed by atoms with van der Waals surface area (Å²) in [4.78, 5) is 34.8. The Morgan fingerprint density at radius 2 is 1.62 bits per heavy atom. The molecular formula is C5H15NNaO7P2. The number of methoxy groups -OCH3 is 1. The molecule has 0 rings (SSSR count). The van der Waals surface area contributed by atoms with Gasteiger partial charge in [0.05, 0.1) is 0 Å². The largest absolute Gasteiger partial charge is 0.385 e. The van der Waals surface area contributed by atoms with E-state index in [1.54, 1.807) is 0 Å². The van der Waals surface area contributed by atoms with Gasteiger partial charge < -0.3 is 24.3 Å². The van der Waals surface area contributed by atoms with Gasteiger partial charge in [0, 0.05) is 43.3 Å². The molecule has 5 N–H and O–H groups in total. The van der Waals surface area contributed by atoms with Gasteiger partial charge in [0.15, 0.2) is 0 Å². The topological polar surface area (TPSA) is 136 Å². The second-order valence-electron chi connectivity index (χ2n) is 2.85. The first-order chi connectivity index (χ1) is 6.69. The van der Waals surface area contributed by atoms with Crippen molar-refractivity contribution < 1.29 is 33.4 Å². The molecule has 0 aliphatic rings. The summed E-state index contributed by atoms with van der Waals surface area (Å²) in [6, 6.07) is 0. The van der Waals surface area contributed by atoms with Crippen molar-refractivity contribution in [3.8, 4) is 0 Å². The van der Waals surface area contributed by atoms with E-state index in [4.69, 9.17) is 19.6 Å². The van der Waals surface area contributed by atoms with Gasteiger partial charge >= 0.3 is 15.2 Å². The van der Waals surface area contributed by atoms with E-state index >= 15 is 0 Å². The zero-order chi connectivity index (χ0) is 12.1. The Morgan fingerprint density at radius 1 is 1.19 bits per heavy atom. The third kappa shape index (κ3) is 8.33. The van der Waals surface area contributed by atoms with Crippen LogP contribution in [0.1, 0.15) is 6.42 Å². The van der Waals surface area contributed by atoms with Gasteiger partial charge in [-0.3, -0.25) is 14.4 Å². The van der Waals surface area contributed by atoms with Crippen molar-refractivity contribution >= 4 is 44.7 Å². The van der Waals surface area contributed by atoms with E-state index in [0.717, 1.165) is 0 Å². The maximum Gasteiger partial charge on any atom is 0.354 e. The number of rotatable bonds is 7. The van der Waals surface area contributed by atoms with Crippen LogP contribution >= 0.6 is 15.2 Å². The molecule has 11 heteroatoms. The Labute approximate surface area is 115 Å². The average molecular weight is 286 g/mol. The van der Waals surface area contributed by atoms with Gasteiger partial charge in [-0.15, -0.1) is 0 Å². The molecule has 0 aromatic carbocycles. The van der Waals surface area contributed by atoms with Crippen LogP contribution in [0.5, 0.6) is 0 Å². The maximum atomic E-state index is 10.8. The number of ether oxygens (including phenoxy) is 1. The smallest absolute Gasteiger partial charge is 0.354 e. The van der Waals surface area contributed by atoms with E-state index in [0.29, 0.717) is 13.0 Å². The monoisotopic (exact) mass is 286 g/mol. The molecule has 0 aliphatic carbocycles. The summed E-state index contributed by atoms with van der Waals surface area (Å²) in [6.45, 7) is 0.386. The summed E-state index contributed by atoms with van der Waals surface area (Å²) in [5.41, 5.74) is -2.14. The minimum atomic E-state index is -4.86. The molecule has 16 heavy (non-hydrogen) atoms. The summed E-state index contributed by atoms with van der Waals surface area (Å²) in [6.07, 6.45) is 0.396. The molecule has 0 saturated carbocycles. The number of nitrogens with one attached hydrogen (secondary N) is 1. The van der Waals surface area contributed by atoms with Crippen LogP contribution in [-0.4, -0.2) is 74.9 Å². The van der Waals surface area contributed by atoms with Crippen molar-refractivity contribution in [2.24, 2.45) is 0 Å². The van der Waals surface area contributed by atoms with Crippen LogP contribution < -0.4 is 5.32 Å². The fourth-order valence-corrected chi connectivity index (χ4v) is 3.18. The Kier molecular flexibility index (Phi) is 10.2. The van der Waals surface area contributed by atoms with Crippen molar-refractivity contribution in [1.82, 2.24) is 5.32 Å². The zero-order valence-electron chi connectivity index (χ0n) is 9.11. The van der Waals surface area contributed by atoms with Crippen LogP contribution in [-0.2, 0) is 13.9 Å². The SMILES string of the molecule is COCCCNC(P(=O)(O)O)P(=O)(O)O.[Na]. The molecule has 0 saturated heterocycles. The molecule has 93 valence electrons. The van der Waals surface area contributed by atoms with Crippen LogP contribution in [0.3, 0.4) is 0 Å². The molecule has 0 bridgehead atoms. The number of hydrogen-bond donors (Lipinski definition) is 5. The molecule has 1 radical (unpaired) electrons. The molecule has 0 aromatic heterocycles. The van der Waals surface area contributed by atoms with Gasteiger partial charge in [0.25, 0.3) is 0 Å². The maximum absolute atomic E-state index is 10.8. The van der Waals surface area contributed by atoms with Gasteiger partial charge in [0.2, 0.25) is 5.52 Å². The van der Waals surface area contributed by atoms with Crippen molar-refractivity contribution in [1.29, 1.82) is 0 Å². The van der Waals surface area contributed by atoms with Gasteiger partial charge in [-0.1, -0.05) is 0 Å². The van der Waals surface area contributed by atoms with Crippen LogP contribution in [0.25, 0.3) is 0 Å². The fraction of sp³-hybridized carbons (Fsp3) is 1.00. The van der Waals surface area contributed by atoms with Crippen LogP contribution in [0.2, 0.25) is 0 Å². The standard InChI is InChI=1S/C5H15NO7P2.Na/c1-13-4-2-3-6-5(14(7,8)9)15(10,11)12;/h5-6H,2-4H2,1H3,(H2,7,8,9)(H2,10,11,12);. The molecule has 8 nitrogen and oxygen atoms in total. The molecule has 0 atom stereocenters. The van der Waals surface area contributed by atoms with E-state index in [2.05, 4.69) is 10.1 Å². The molecule has 0 aromatic rings. The second-order valence-corrected chi connectivity index (χ2v) is 6.65. The van der Waals surface area contributed by atoms with E-state index in [1.807, 2.05) is 0 Å². The minimum Gasteiger partial charge on any atom is -0.385 e. The zero-order valence-corrected chi connectivity index (χ0v) is 12.9. The third-order valence-electron chi connectivity index (χ3n) is 1.49. The molecule has 0 fully saturated rings. The van der Waals surface area contributed by atoms with Gasteiger partial charge in [-0.05, 0) is 13.0 Å². The first-order valence-electron chi connectivity index (χ1n) is 4.02. The van der Waals surface area contributed by atoms with E-state index < -0.39 is 20.7 Å². The van der Waals surface area contributed by atoms with Gasteiger partial charge in [0.1, 0.15) is 0 Å². The van der Waals surface area contributed by atoms with Crippen LogP contribution in [0, 0.1) is 0 Å². The Balaban J connectivity index is 0. The molecule has 0 amide bonds. The Bertz CT molecular complexity index is 254. The predicted molar refractivity (Wildman–Crippen MR) is 58.1 cm³/mol. The molecule has 0 heterocycles. The van der Waals surface area contributed by atoms with Gasteiger partial charge in [-0.2, -0.15) is 0 Å². The van der Waals surface area contributed by atoms with Crippen molar-refractivity contribution in [2.45, 2.75) is 11.9 Å². The summed E-state index contributed by atoms with van der Waals surface area (Å²) in [5.74, 6) is 0. The first-order valence-corrected chi connectivity index (χ1v) is 7.38. The van der Waals surface area contributed by atoms with E-state index in [9.17, 15) is 9.13 Å². The fourth-order valence-electron chi connectivity index (χ4n) is 0.881. The normalized spacial score (nSPS) is 12.6. The summed E-state index contributed by atoms with van der Waals surface area (Å²) in [7, 11) is -8.27. The summed E-state index contributed by atoms with van der Waals surface area (Å²) in [5, 5.41) is 2.13. The van der Waals surface area contributed by atoms with Crippen LogP contribution in [0.15, 0.2) is 0 Å². The van der Waals surface area contributed by atoms with Crippen molar-refractivity contribution in [3.63, 3.8) is 0 Å².